The lowest BCUT2D eigenvalue weighted by atomic mass is 10.1. The molecule has 0 atom stereocenters. The second-order valence-electron chi connectivity index (χ2n) is 6.23. The third kappa shape index (κ3) is 5.55. The molecule has 1 aliphatic carbocycles. The van der Waals surface area contributed by atoms with Crippen molar-refractivity contribution in [3.05, 3.63) is 35.9 Å². The van der Waals surface area contributed by atoms with Crippen LogP contribution in [0.3, 0.4) is 0 Å². The molecule has 1 aromatic rings. The number of anilines is 1. The normalized spacial score (nSPS) is 16.1. The minimum absolute atomic E-state index is 0.0582. The topological polar surface area (TPSA) is 49.4 Å². The molecule has 1 aliphatic rings. The van der Waals surface area contributed by atoms with Gasteiger partial charge in [0.2, 0.25) is 11.8 Å². The summed E-state index contributed by atoms with van der Waals surface area (Å²) in [7, 11) is 1.91. The second-order valence-corrected chi connectivity index (χ2v) is 6.23. The van der Waals surface area contributed by atoms with E-state index in [1.54, 1.807) is 6.08 Å². The van der Waals surface area contributed by atoms with E-state index in [4.69, 9.17) is 0 Å². The van der Waals surface area contributed by atoms with E-state index in [9.17, 15) is 9.59 Å². The highest BCUT2D eigenvalue weighted by Crippen LogP contribution is 2.21. The SMILES string of the molecule is CC(=O)Nc1ccc(/C=C/C(=O)N(C)C2CCCCCC2)cc1. The maximum absolute atomic E-state index is 12.3. The molecule has 0 aromatic heterocycles. The summed E-state index contributed by atoms with van der Waals surface area (Å²) in [4.78, 5) is 25.2. The minimum Gasteiger partial charge on any atom is -0.339 e. The van der Waals surface area contributed by atoms with Gasteiger partial charge in [0.1, 0.15) is 0 Å². The number of carbonyl (C=O) groups excluding carboxylic acids is 2. The Kier molecular flexibility index (Phi) is 6.39. The molecule has 0 saturated heterocycles. The lowest BCUT2D eigenvalue weighted by Crippen LogP contribution is -2.35. The van der Waals surface area contributed by atoms with Gasteiger partial charge in [0.15, 0.2) is 0 Å². The van der Waals surface area contributed by atoms with E-state index in [1.807, 2.05) is 42.3 Å². The molecule has 124 valence electrons. The summed E-state index contributed by atoms with van der Waals surface area (Å²) in [6.07, 6.45) is 10.7. The zero-order valence-corrected chi connectivity index (χ0v) is 14.0. The van der Waals surface area contributed by atoms with Gasteiger partial charge >= 0.3 is 0 Å². The number of hydrogen-bond acceptors (Lipinski definition) is 2. The highest BCUT2D eigenvalue weighted by atomic mass is 16.2. The van der Waals surface area contributed by atoms with Crippen LogP contribution in [0.2, 0.25) is 0 Å². The van der Waals surface area contributed by atoms with Gasteiger partial charge < -0.3 is 10.2 Å². The number of rotatable bonds is 4. The zero-order valence-electron chi connectivity index (χ0n) is 14.0. The van der Waals surface area contributed by atoms with Gasteiger partial charge in [-0.1, -0.05) is 37.8 Å². The number of nitrogens with one attached hydrogen (secondary N) is 1. The van der Waals surface area contributed by atoms with Gasteiger partial charge in [-0.15, -0.1) is 0 Å². The number of amides is 2. The maximum atomic E-state index is 12.3. The molecule has 0 radical (unpaired) electrons. The highest BCUT2D eigenvalue weighted by Gasteiger charge is 2.19. The molecule has 1 N–H and O–H groups in total. The summed E-state index contributed by atoms with van der Waals surface area (Å²) < 4.78 is 0. The third-order valence-electron chi connectivity index (χ3n) is 4.37. The number of nitrogens with zero attached hydrogens (tertiary/aromatic N) is 1. The monoisotopic (exact) mass is 314 g/mol. The number of carbonyl (C=O) groups is 2. The van der Waals surface area contributed by atoms with Crippen molar-refractivity contribution in [2.75, 3.05) is 12.4 Å². The standard InChI is InChI=1S/C19H26N2O2/c1-15(22)20-17-12-9-16(10-13-17)11-14-19(23)21(2)18-7-5-3-4-6-8-18/h9-14,18H,3-8H2,1-2H3,(H,20,22)/b14-11+. The van der Waals surface area contributed by atoms with Crippen LogP contribution in [-0.4, -0.2) is 29.8 Å². The van der Waals surface area contributed by atoms with Crippen LogP contribution in [0.5, 0.6) is 0 Å². The Balaban J connectivity index is 1.92. The molecule has 0 spiro atoms. The van der Waals surface area contributed by atoms with E-state index in [2.05, 4.69) is 5.32 Å². The average Bonchev–Trinajstić information content (AvgIpc) is 2.82. The zero-order chi connectivity index (χ0) is 16.7. The number of benzene rings is 1. The van der Waals surface area contributed by atoms with Crippen molar-refractivity contribution in [2.45, 2.75) is 51.5 Å². The minimum atomic E-state index is -0.0894. The lowest BCUT2D eigenvalue weighted by Gasteiger charge is -2.26. The summed E-state index contributed by atoms with van der Waals surface area (Å²) in [6, 6.07) is 7.82. The van der Waals surface area contributed by atoms with Crippen molar-refractivity contribution in [3.63, 3.8) is 0 Å². The Bertz CT molecular complexity index is 555. The van der Waals surface area contributed by atoms with E-state index in [0.29, 0.717) is 6.04 Å². The van der Waals surface area contributed by atoms with Crippen LogP contribution in [0.4, 0.5) is 5.69 Å². The summed E-state index contributed by atoms with van der Waals surface area (Å²) in [5.41, 5.74) is 1.71. The molecular weight excluding hydrogens is 288 g/mol. The Morgan fingerprint density at radius 1 is 1.09 bits per heavy atom. The first-order valence-electron chi connectivity index (χ1n) is 8.39. The summed E-state index contributed by atoms with van der Waals surface area (Å²) >= 11 is 0. The van der Waals surface area contributed by atoms with Crippen molar-refractivity contribution in [1.82, 2.24) is 4.90 Å². The smallest absolute Gasteiger partial charge is 0.246 e. The summed E-state index contributed by atoms with van der Waals surface area (Å²) in [5, 5.41) is 2.73. The van der Waals surface area contributed by atoms with Crippen LogP contribution in [-0.2, 0) is 9.59 Å². The van der Waals surface area contributed by atoms with E-state index < -0.39 is 0 Å². The molecular formula is C19H26N2O2. The number of likely N-dealkylation sites (N-methyl/N-ethyl adjacent to an activating group) is 1. The van der Waals surface area contributed by atoms with Gasteiger partial charge in [0.05, 0.1) is 0 Å². The highest BCUT2D eigenvalue weighted by molar-refractivity contribution is 5.92. The van der Waals surface area contributed by atoms with Crippen molar-refractivity contribution in [1.29, 1.82) is 0 Å². The Hall–Kier alpha value is -2.10. The fourth-order valence-electron chi connectivity index (χ4n) is 2.99. The molecule has 0 aliphatic heterocycles. The van der Waals surface area contributed by atoms with E-state index in [0.717, 1.165) is 24.1 Å². The molecule has 1 saturated carbocycles. The van der Waals surface area contributed by atoms with Crippen molar-refractivity contribution < 1.29 is 9.59 Å². The summed E-state index contributed by atoms with van der Waals surface area (Å²) in [6.45, 7) is 1.48. The molecule has 0 unspecified atom stereocenters. The van der Waals surface area contributed by atoms with Gasteiger partial charge in [0.25, 0.3) is 0 Å². The molecule has 0 bridgehead atoms. The maximum Gasteiger partial charge on any atom is 0.246 e. The second kappa shape index (κ2) is 8.51. The number of hydrogen-bond donors (Lipinski definition) is 1. The molecule has 0 heterocycles. The first-order chi connectivity index (χ1) is 11.1. The molecule has 2 amide bonds. The van der Waals surface area contributed by atoms with E-state index in [-0.39, 0.29) is 11.8 Å². The summed E-state index contributed by atoms with van der Waals surface area (Å²) in [5.74, 6) is -0.0312. The van der Waals surface area contributed by atoms with E-state index in [1.165, 1.54) is 32.6 Å². The van der Waals surface area contributed by atoms with Gasteiger partial charge in [-0.25, -0.2) is 0 Å². The van der Waals surface area contributed by atoms with Crippen LogP contribution < -0.4 is 5.32 Å². The van der Waals surface area contributed by atoms with Crippen LogP contribution in [0.1, 0.15) is 51.0 Å². The average molecular weight is 314 g/mol. The molecule has 2 rings (SSSR count). The molecule has 1 fully saturated rings. The predicted molar refractivity (Wildman–Crippen MR) is 94.0 cm³/mol. The predicted octanol–water partition coefficient (Wildman–Crippen LogP) is 3.84. The van der Waals surface area contributed by atoms with Crippen molar-refractivity contribution in [2.24, 2.45) is 0 Å². The van der Waals surface area contributed by atoms with Gasteiger partial charge in [-0.2, -0.15) is 0 Å². The largest absolute Gasteiger partial charge is 0.339 e. The fourth-order valence-corrected chi connectivity index (χ4v) is 2.99. The first-order valence-corrected chi connectivity index (χ1v) is 8.39. The quantitative estimate of drug-likeness (QED) is 0.678. The van der Waals surface area contributed by atoms with Gasteiger partial charge in [-0.05, 0) is 36.6 Å². The van der Waals surface area contributed by atoms with E-state index >= 15 is 0 Å². The Labute approximate surface area is 138 Å². The molecule has 1 aromatic carbocycles. The van der Waals surface area contributed by atoms with Crippen LogP contribution in [0.15, 0.2) is 30.3 Å². The van der Waals surface area contributed by atoms with Crippen LogP contribution in [0, 0.1) is 0 Å². The Morgan fingerprint density at radius 3 is 2.26 bits per heavy atom. The van der Waals surface area contributed by atoms with Crippen LogP contribution in [0.25, 0.3) is 6.08 Å². The lowest BCUT2D eigenvalue weighted by molar-refractivity contribution is -0.127. The van der Waals surface area contributed by atoms with Crippen LogP contribution >= 0.6 is 0 Å². The molecule has 4 heteroatoms. The first kappa shape index (κ1) is 17.3. The molecule has 23 heavy (non-hydrogen) atoms. The molecule has 4 nitrogen and oxygen atoms in total. The van der Waals surface area contributed by atoms with Gasteiger partial charge in [-0.3, -0.25) is 9.59 Å². The third-order valence-corrected chi connectivity index (χ3v) is 4.37. The Morgan fingerprint density at radius 2 is 1.70 bits per heavy atom. The van der Waals surface area contributed by atoms with Gasteiger partial charge in [0, 0.05) is 31.8 Å². The van der Waals surface area contributed by atoms with Crippen molar-refractivity contribution in [3.8, 4) is 0 Å². The van der Waals surface area contributed by atoms with Crippen molar-refractivity contribution >= 4 is 23.6 Å². The fraction of sp³-hybridized carbons (Fsp3) is 0.474.